The van der Waals surface area contributed by atoms with Gasteiger partial charge in [0.1, 0.15) is 24.9 Å². The molecule has 2 aromatic carbocycles. The fourth-order valence-corrected chi connectivity index (χ4v) is 3.83. The Balaban J connectivity index is 1.77. The number of hydrogen-bond donors (Lipinski definition) is 3. The molecule has 11 nitrogen and oxygen atoms in total. The van der Waals surface area contributed by atoms with E-state index in [1.165, 1.54) is 6.92 Å². The van der Waals surface area contributed by atoms with Crippen LogP contribution in [0.4, 0.5) is 9.59 Å². The molecule has 0 radical (unpaired) electrons. The number of ether oxygens (including phenoxy) is 3. The highest BCUT2D eigenvalue weighted by molar-refractivity contribution is 5.86. The van der Waals surface area contributed by atoms with Crippen molar-refractivity contribution in [2.45, 2.75) is 71.9 Å². The molecule has 0 aliphatic heterocycles. The van der Waals surface area contributed by atoms with E-state index in [-0.39, 0.29) is 19.8 Å². The van der Waals surface area contributed by atoms with Gasteiger partial charge in [-0.25, -0.2) is 9.59 Å². The maximum Gasteiger partial charge on any atom is 0.410 e. The van der Waals surface area contributed by atoms with Gasteiger partial charge in [0.25, 0.3) is 0 Å². The molecule has 0 aliphatic carbocycles. The number of carbonyl (C=O) groups is 4. The van der Waals surface area contributed by atoms with Crippen LogP contribution in [-0.4, -0.2) is 72.0 Å². The number of aliphatic hydroxyl groups is 1. The first-order valence-corrected chi connectivity index (χ1v) is 14.5. The maximum atomic E-state index is 12.8. The molecule has 3 N–H and O–H groups in total. The molecule has 0 fully saturated rings. The summed E-state index contributed by atoms with van der Waals surface area (Å²) in [6.45, 7) is 8.12. The first-order valence-electron chi connectivity index (χ1n) is 14.5. The minimum Gasteiger partial charge on any atom is -0.460 e. The van der Waals surface area contributed by atoms with Crippen LogP contribution in [0.15, 0.2) is 60.7 Å². The summed E-state index contributed by atoms with van der Waals surface area (Å²) >= 11 is 0. The van der Waals surface area contributed by atoms with Crippen molar-refractivity contribution < 1.29 is 38.5 Å². The van der Waals surface area contributed by atoms with Gasteiger partial charge < -0.3 is 34.9 Å². The van der Waals surface area contributed by atoms with Crippen LogP contribution in [0.1, 0.15) is 58.1 Å². The van der Waals surface area contributed by atoms with Crippen LogP contribution in [0.3, 0.4) is 0 Å². The number of hydrogen-bond acceptors (Lipinski definition) is 8. The predicted octanol–water partition coefficient (Wildman–Crippen LogP) is 4.18. The number of benzene rings is 2. The lowest BCUT2D eigenvalue weighted by Gasteiger charge is -2.24. The lowest BCUT2D eigenvalue weighted by molar-refractivity contribution is -0.165. The normalized spacial score (nSPS) is 12.4. The van der Waals surface area contributed by atoms with E-state index >= 15 is 0 Å². The second-order valence-corrected chi connectivity index (χ2v) is 11.1. The van der Waals surface area contributed by atoms with E-state index in [1.807, 2.05) is 60.7 Å². The second-order valence-electron chi connectivity index (χ2n) is 11.1. The standard InChI is InChI=1S/C32H45N3O8/c1-24(29(38)43-32(2,3)4)27(36)28(37)33-18-11-12-20-35(31(40)42-23-26-16-9-6-10-17-26)21-13-19-34-30(39)41-22-25-14-7-5-8-15-25/h5-10,14-17,24,27,36H,11-13,18-23H2,1-4H3,(H,33,37)(H,34,39). The molecule has 11 heteroatoms. The number of aliphatic hydroxyl groups excluding tert-OH is 1. The van der Waals surface area contributed by atoms with Crippen molar-refractivity contribution in [1.82, 2.24) is 15.5 Å². The van der Waals surface area contributed by atoms with Gasteiger partial charge in [-0.05, 0) is 58.1 Å². The van der Waals surface area contributed by atoms with Gasteiger partial charge in [0.15, 0.2) is 0 Å². The van der Waals surface area contributed by atoms with E-state index in [2.05, 4.69) is 10.6 Å². The average molecular weight is 600 g/mol. The maximum absolute atomic E-state index is 12.8. The number of esters is 1. The van der Waals surface area contributed by atoms with Crippen molar-refractivity contribution >= 4 is 24.1 Å². The molecule has 0 aromatic heterocycles. The van der Waals surface area contributed by atoms with Crippen LogP contribution >= 0.6 is 0 Å². The summed E-state index contributed by atoms with van der Waals surface area (Å²) in [6, 6.07) is 18.7. The average Bonchev–Trinajstić information content (AvgIpc) is 2.98. The van der Waals surface area contributed by atoms with E-state index < -0.39 is 41.7 Å². The Bertz CT molecular complexity index is 1140. The van der Waals surface area contributed by atoms with Crippen LogP contribution in [0.2, 0.25) is 0 Å². The van der Waals surface area contributed by atoms with Gasteiger partial charge in [0, 0.05) is 26.2 Å². The monoisotopic (exact) mass is 599 g/mol. The second kappa shape index (κ2) is 18.4. The number of rotatable bonds is 16. The third-order valence-corrected chi connectivity index (χ3v) is 6.23. The number of alkyl carbamates (subject to hydrolysis) is 1. The van der Waals surface area contributed by atoms with Crippen molar-refractivity contribution in [2.75, 3.05) is 26.2 Å². The molecule has 236 valence electrons. The SMILES string of the molecule is CC(C(=O)OC(C)(C)C)C(O)C(=O)NCCCCN(CCCNC(=O)OCc1ccccc1)C(=O)OCc1ccccc1. The third-order valence-electron chi connectivity index (χ3n) is 6.23. The zero-order valence-corrected chi connectivity index (χ0v) is 25.5. The minimum atomic E-state index is -1.54. The highest BCUT2D eigenvalue weighted by Crippen LogP contribution is 2.14. The van der Waals surface area contributed by atoms with Gasteiger partial charge in [-0.1, -0.05) is 60.7 Å². The molecule has 0 aliphatic rings. The lowest BCUT2D eigenvalue weighted by atomic mass is 10.0. The van der Waals surface area contributed by atoms with Crippen LogP contribution in [-0.2, 0) is 37.0 Å². The summed E-state index contributed by atoms with van der Waals surface area (Å²) < 4.78 is 15.9. The number of amides is 3. The van der Waals surface area contributed by atoms with Crippen molar-refractivity contribution in [1.29, 1.82) is 0 Å². The summed E-state index contributed by atoms with van der Waals surface area (Å²) in [5, 5.41) is 15.6. The first-order chi connectivity index (χ1) is 20.5. The molecular weight excluding hydrogens is 554 g/mol. The molecule has 0 bridgehead atoms. The smallest absolute Gasteiger partial charge is 0.410 e. The van der Waals surface area contributed by atoms with Crippen molar-refractivity contribution in [3.8, 4) is 0 Å². The van der Waals surface area contributed by atoms with Crippen LogP contribution in [0.5, 0.6) is 0 Å². The van der Waals surface area contributed by atoms with Crippen molar-refractivity contribution in [2.24, 2.45) is 5.92 Å². The van der Waals surface area contributed by atoms with E-state index in [4.69, 9.17) is 14.2 Å². The number of unbranched alkanes of at least 4 members (excludes halogenated alkanes) is 1. The van der Waals surface area contributed by atoms with Crippen molar-refractivity contribution in [3.05, 3.63) is 71.8 Å². The van der Waals surface area contributed by atoms with Gasteiger partial charge in [-0.3, -0.25) is 9.59 Å². The van der Waals surface area contributed by atoms with E-state index in [1.54, 1.807) is 25.7 Å². The Morgan fingerprint density at radius 1 is 0.791 bits per heavy atom. The van der Waals surface area contributed by atoms with Crippen LogP contribution in [0.25, 0.3) is 0 Å². The van der Waals surface area contributed by atoms with Gasteiger partial charge in [-0.2, -0.15) is 0 Å². The Hall–Kier alpha value is -4.12. The van der Waals surface area contributed by atoms with E-state index in [0.717, 1.165) is 11.1 Å². The Morgan fingerprint density at radius 2 is 1.33 bits per heavy atom. The quantitative estimate of drug-likeness (QED) is 0.148. The van der Waals surface area contributed by atoms with Crippen molar-refractivity contribution in [3.63, 3.8) is 0 Å². The fraction of sp³-hybridized carbons (Fsp3) is 0.500. The van der Waals surface area contributed by atoms with Gasteiger partial charge in [0.05, 0.1) is 5.92 Å². The zero-order chi connectivity index (χ0) is 31.7. The van der Waals surface area contributed by atoms with Crippen LogP contribution in [0, 0.1) is 5.92 Å². The highest BCUT2D eigenvalue weighted by atomic mass is 16.6. The molecule has 2 rings (SSSR count). The summed E-state index contributed by atoms with van der Waals surface area (Å²) in [5.41, 5.74) is 1.02. The minimum absolute atomic E-state index is 0.129. The number of nitrogens with one attached hydrogen (secondary N) is 2. The molecule has 0 heterocycles. The summed E-state index contributed by atoms with van der Waals surface area (Å²) in [7, 11) is 0. The topological polar surface area (TPSA) is 144 Å². The highest BCUT2D eigenvalue weighted by Gasteiger charge is 2.31. The summed E-state index contributed by atoms with van der Waals surface area (Å²) in [5.74, 6) is -2.33. The Morgan fingerprint density at radius 3 is 1.91 bits per heavy atom. The molecule has 2 unspecified atom stereocenters. The summed E-state index contributed by atoms with van der Waals surface area (Å²) in [4.78, 5) is 50.9. The first kappa shape index (κ1) is 35.1. The number of nitrogens with zero attached hydrogens (tertiary/aromatic N) is 1. The predicted molar refractivity (Wildman–Crippen MR) is 161 cm³/mol. The third kappa shape index (κ3) is 14.6. The van der Waals surface area contributed by atoms with Gasteiger partial charge in [0.2, 0.25) is 5.91 Å². The van der Waals surface area contributed by atoms with Gasteiger partial charge >= 0.3 is 18.2 Å². The van der Waals surface area contributed by atoms with E-state index in [0.29, 0.717) is 38.9 Å². The van der Waals surface area contributed by atoms with Crippen LogP contribution < -0.4 is 10.6 Å². The molecule has 3 amide bonds. The molecule has 0 saturated heterocycles. The van der Waals surface area contributed by atoms with E-state index in [9.17, 15) is 24.3 Å². The lowest BCUT2D eigenvalue weighted by Crippen LogP contribution is -2.43. The van der Waals surface area contributed by atoms with Gasteiger partial charge in [-0.15, -0.1) is 0 Å². The zero-order valence-electron chi connectivity index (χ0n) is 25.5. The molecule has 43 heavy (non-hydrogen) atoms. The Kier molecular flexibility index (Phi) is 15.0. The molecule has 2 atom stereocenters. The number of carbonyl (C=O) groups excluding carboxylic acids is 4. The molecule has 0 saturated carbocycles. The summed E-state index contributed by atoms with van der Waals surface area (Å²) in [6.07, 6.45) is -1.02. The molecule has 0 spiro atoms. The largest absolute Gasteiger partial charge is 0.460 e. The Labute approximate surface area is 253 Å². The molecular formula is C32H45N3O8. The fourth-order valence-electron chi connectivity index (χ4n) is 3.83. The molecule has 2 aromatic rings.